The maximum atomic E-state index is 11.3. The summed E-state index contributed by atoms with van der Waals surface area (Å²) in [5.41, 5.74) is 6.42. The lowest BCUT2D eigenvalue weighted by Gasteiger charge is -2.23. The number of carbonyl (C=O) groups is 2. The Morgan fingerprint density at radius 2 is 2.29 bits per heavy atom. The van der Waals surface area contributed by atoms with Gasteiger partial charge in [-0.25, -0.2) is 0 Å². The Balaban J connectivity index is 2.28. The van der Waals surface area contributed by atoms with Crippen molar-refractivity contribution in [2.24, 2.45) is 5.73 Å². The Hall–Kier alpha value is -2.30. The van der Waals surface area contributed by atoms with Gasteiger partial charge in [0.1, 0.15) is 5.75 Å². The van der Waals surface area contributed by atoms with E-state index in [0.717, 1.165) is 5.56 Å². The number of ether oxygens (including phenoxy) is 1. The average Bonchev–Trinajstić information content (AvgIpc) is 2.28. The number of nitrogens with two attached hydrogens (primary N) is 1. The van der Waals surface area contributed by atoms with Gasteiger partial charge in [-0.3, -0.25) is 9.59 Å². The molecule has 0 aromatic heterocycles. The molecule has 5 heteroatoms. The van der Waals surface area contributed by atoms with Crippen molar-refractivity contribution >= 4 is 23.6 Å². The van der Waals surface area contributed by atoms with Crippen LogP contribution in [0.5, 0.6) is 5.75 Å². The molecule has 0 saturated heterocycles. The molecule has 1 unspecified atom stereocenters. The van der Waals surface area contributed by atoms with Gasteiger partial charge in [-0.05, 0) is 30.7 Å². The second-order valence-corrected chi connectivity index (χ2v) is 3.74. The lowest BCUT2D eigenvalue weighted by molar-refractivity contribution is -0.122. The van der Waals surface area contributed by atoms with Crippen LogP contribution in [0.15, 0.2) is 24.3 Å². The molecule has 1 atom stereocenters. The number of hydrogen-bond donors (Lipinski definition) is 2. The summed E-state index contributed by atoms with van der Waals surface area (Å²) >= 11 is 0. The summed E-state index contributed by atoms with van der Waals surface area (Å²) in [6.45, 7) is 1.67. The van der Waals surface area contributed by atoms with E-state index in [1.54, 1.807) is 31.2 Å². The molecule has 1 aromatic carbocycles. The number of amides is 2. The van der Waals surface area contributed by atoms with Gasteiger partial charge in [0, 0.05) is 6.08 Å². The van der Waals surface area contributed by atoms with E-state index in [-0.39, 0.29) is 5.91 Å². The van der Waals surface area contributed by atoms with Crippen molar-refractivity contribution in [1.82, 2.24) is 0 Å². The molecular formula is C12H12N2O3. The third-order valence-electron chi connectivity index (χ3n) is 2.38. The predicted octanol–water partition coefficient (Wildman–Crippen LogP) is 0.905. The van der Waals surface area contributed by atoms with Gasteiger partial charge in [0.2, 0.25) is 5.91 Å². The van der Waals surface area contributed by atoms with Gasteiger partial charge in [-0.15, -0.1) is 0 Å². The smallest absolute Gasteiger partial charge is 0.265 e. The molecule has 5 nitrogen and oxygen atoms in total. The van der Waals surface area contributed by atoms with Crippen LogP contribution >= 0.6 is 0 Å². The Bertz CT molecular complexity index is 508. The summed E-state index contributed by atoms with van der Waals surface area (Å²) < 4.78 is 5.43. The first-order valence-corrected chi connectivity index (χ1v) is 5.15. The number of anilines is 1. The fraction of sp³-hybridized carbons (Fsp3) is 0.167. The number of fused-ring (bicyclic) bond motifs is 1. The maximum Gasteiger partial charge on any atom is 0.265 e. The molecule has 0 radical (unpaired) electrons. The standard InChI is InChI=1S/C12H12N2O3/c1-7-12(16)14-9-4-2-8(3-5-11(13)15)6-10(9)17-7/h2-7H,1H3,(H2,13,15)(H,14,16). The largest absolute Gasteiger partial charge is 0.479 e. The summed E-state index contributed by atoms with van der Waals surface area (Å²) in [5.74, 6) is -0.0908. The fourth-order valence-electron chi connectivity index (χ4n) is 1.50. The van der Waals surface area contributed by atoms with E-state index in [0.29, 0.717) is 11.4 Å². The van der Waals surface area contributed by atoms with Crippen molar-refractivity contribution < 1.29 is 14.3 Å². The van der Waals surface area contributed by atoms with Crippen LogP contribution in [0, 0.1) is 0 Å². The Labute approximate surface area is 98.3 Å². The van der Waals surface area contributed by atoms with E-state index in [1.165, 1.54) is 6.08 Å². The molecular weight excluding hydrogens is 220 g/mol. The van der Waals surface area contributed by atoms with Crippen molar-refractivity contribution in [2.45, 2.75) is 13.0 Å². The highest BCUT2D eigenvalue weighted by Gasteiger charge is 2.23. The molecule has 0 saturated carbocycles. The first-order valence-electron chi connectivity index (χ1n) is 5.15. The zero-order valence-electron chi connectivity index (χ0n) is 9.27. The van der Waals surface area contributed by atoms with Crippen molar-refractivity contribution in [3.8, 4) is 5.75 Å². The van der Waals surface area contributed by atoms with Crippen molar-refractivity contribution in [3.63, 3.8) is 0 Å². The highest BCUT2D eigenvalue weighted by Crippen LogP contribution is 2.30. The van der Waals surface area contributed by atoms with Gasteiger partial charge in [0.15, 0.2) is 6.10 Å². The highest BCUT2D eigenvalue weighted by molar-refractivity contribution is 5.97. The van der Waals surface area contributed by atoms with E-state index in [9.17, 15) is 9.59 Å². The molecule has 3 N–H and O–H groups in total. The summed E-state index contributed by atoms with van der Waals surface area (Å²) in [6, 6.07) is 5.22. The van der Waals surface area contributed by atoms with Gasteiger partial charge >= 0.3 is 0 Å². The molecule has 1 aromatic rings. The summed E-state index contributed by atoms with van der Waals surface area (Å²) in [5, 5.41) is 2.72. The molecule has 88 valence electrons. The lowest BCUT2D eigenvalue weighted by Crippen LogP contribution is -2.34. The average molecular weight is 232 g/mol. The predicted molar refractivity (Wildman–Crippen MR) is 63.4 cm³/mol. The topological polar surface area (TPSA) is 81.4 Å². The first-order chi connectivity index (χ1) is 8.06. The summed E-state index contributed by atoms with van der Waals surface area (Å²) in [4.78, 5) is 21.9. The van der Waals surface area contributed by atoms with Crippen LogP contribution < -0.4 is 15.8 Å². The Morgan fingerprint density at radius 3 is 3.00 bits per heavy atom. The molecule has 1 aliphatic rings. The maximum absolute atomic E-state index is 11.3. The minimum Gasteiger partial charge on any atom is -0.479 e. The van der Waals surface area contributed by atoms with E-state index in [4.69, 9.17) is 10.5 Å². The fourth-order valence-corrected chi connectivity index (χ4v) is 1.50. The van der Waals surface area contributed by atoms with E-state index < -0.39 is 12.0 Å². The quantitative estimate of drug-likeness (QED) is 0.743. The van der Waals surface area contributed by atoms with E-state index >= 15 is 0 Å². The monoisotopic (exact) mass is 232 g/mol. The van der Waals surface area contributed by atoms with Crippen LogP contribution in [0.4, 0.5) is 5.69 Å². The van der Waals surface area contributed by atoms with Crippen LogP contribution in [-0.4, -0.2) is 17.9 Å². The molecule has 0 spiro atoms. The van der Waals surface area contributed by atoms with Gasteiger partial charge in [0.05, 0.1) is 5.69 Å². The number of nitrogens with one attached hydrogen (secondary N) is 1. The minimum atomic E-state index is -0.516. The van der Waals surface area contributed by atoms with Crippen LogP contribution in [-0.2, 0) is 9.59 Å². The van der Waals surface area contributed by atoms with Crippen LogP contribution in [0.2, 0.25) is 0 Å². The molecule has 2 amide bonds. The molecule has 1 aliphatic heterocycles. The van der Waals surface area contributed by atoms with Crippen LogP contribution in [0.1, 0.15) is 12.5 Å². The van der Waals surface area contributed by atoms with Crippen LogP contribution in [0.3, 0.4) is 0 Å². The molecule has 0 aliphatic carbocycles. The van der Waals surface area contributed by atoms with Crippen molar-refractivity contribution in [2.75, 3.05) is 5.32 Å². The number of rotatable bonds is 2. The molecule has 1 heterocycles. The van der Waals surface area contributed by atoms with Gasteiger partial charge in [-0.2, -0.15) is 0 Å². The Kier molecular flexibility index (Phi) is 2.82. The highest BCUT2D eigenvalue weighted by atomic mass is 16.5. The molecule has 0 bridgehead atoms. The third-order valence-corrected chi connectivity index (χ3v) is 2.38. The zero-order valence-corrected chi connectivity index (χ0v) is 9.27. The van der Waals surface area contributed by atoms with Gasteiger partial charge in [-0.1, -0.05) is 6.07 Å². The third kappa shape index (κ3) is 2.44. The second-order valence-electron chi connectivity index (χ2n) is 3.74. The molecule has 2 rings (SSSR count). The minimum absolute atomic E-state index is 0.169. The van der Waals surface area contributed by atoms with Crippen LogP contribution in [0.25, 0.3) is 6.08 Å². The SMILES string of the molecule is CC1Oc2cc(C=CC(N)=O)ccc2NC1=O. The van der Waals surface area contributed by atoms with Gasteiger partial charge in [0.25, 0.3) is 5.91 Å². The number of carbonyl (C=O) groups excluding carboxylic acids is 2. The first kappa shape index (κ1) is 11.2. The second kappa shape index (κ2) is 4.29. The number of primary amides is 1. The van der Waals surface area contributed by atoms with Crippen molar-refractivity contribution in [1.29, 1.82) is 0 Å². The zero-order chi connectivity index (χ0) is 12.4. The summed E-state index contributed by atoms with van der Waals surface area (Å²) in [6.07, 6.45) is 2.34. The number of hydrogen-bond acceptors (Lipinski definition) is 3. The van der Waals surface area contributed by atoms with E-state index in [1.807, 2.05) is 0 Å². The lowest BCUT2D eigenvalue weighted by atomic mass is 10.1. The Morgan fingerprint density at radius 1 is 1.53 bits per heavy atom. The molecule has 0 fully saturated rings. The van der Waals surface area contributed by atoms with Gasteiger partial charge < -0.3 is 15.8 Å². The molecule has 17 heavy (non-hydrogen) atoms. The van der Waals surface area contributed by atoms with Crippen molar-refractivity contribution in [3.05, 3.63) is 29.8 Å². The number of benzene rings is 1. The van der Waals surface area contributed by atoms with E-state index in [2.05, 4.69) is 5.32 Å². The normalized spacial score (nSPS) is 18.4. The summed E-state index contributed by atoms with van der Waals surface area (Å²) in [7, 11) is 0.